The number of hydrogen-bond donors (Lipinski definition) is 1. The fourth-order valence-corrected chi connectivity index (χ4v) is 2.91. The lowest BCUT2D eigenvalue weighted by Crippen LogP contribution is -2.17. The summed E-state index contributed by atoms with van der Waals surface area (Å²) >= 11 is 0. The number of hydrogen-bond acceptors (Lipinski definition) is 6. The van der Waals surface area contributed by atoms with Gasteiger partial charge in [0.25, 0.3) is 0 Å². The molecule has 0 amide bonds. The third-order valence-electron chi connectivity index (χ3n) is 4.53. The van der Waals surface area contributed by atoms with Gasteiger partial charge in [-0.2, -0.15) is 0 Å². The van der Waals surface area contributed by atoms with Crippen molar-refractivity contribution in [2.75, 3.05) is 19.5 Å². The number of ether oxygens (including phenoxy) is 2. The number of benzene rings is 2. The predicted octanol–water partition coefficient (Wildman–Crippen LogP) is 4.17. The van der Waals surface area contributed by atoms with E-state index in [1.54, 1.807) is 6.07 Å². The summed E-state index contributed by atoms with van der Waals surface area (Å²) in [5, 5.41) is 4.01. The smallest absolute Gasteiger partial charge is 0.357 e. The Labute approximate surface area is 157 Å². The molecule has 0 atom stereocenters. The number of para-hydroxylation sites is 1. The molecule has 0 bridgehead atoms. The van der Waals surface area contributed by atoms with Gasteiger partial charge in [0.05, 0.1) is 25.4 Å². The number of methoxy groups -OCH3 is 2. The van der Waals surface area contributed by atoms with Gasteiger partial charge in [-0.3, -0.25) is 0 Å². The van der Waals surface area contributed by atoms with Crippen LogP contribution in [0.5, 0.6) is 0 Å². The summed E-state index contributed by atoms with van der Waals surface area (Å²) in [6.45, 7) is 3.99. The third-order valence-corrected chi connectivity index (χ3v) is 4.53. The number of aromatic nitrogens is 1. The molecule has 0 spiro atoms. The second-order valence-corrected chi connectivity index (χ2v) is 6.08. The van der Waals surface area contributed by atoms with Crippen LogP contribution in [-0.2, 0) is 9.47 Å². The van der Waals surface area contributed by atoms with Gasteiger partial charge in [0, 0.05) is 11.1 Å². The molecule has 6 heteroatoms. The summed E-state index contributed by atoms with van der Waals surface area (Å²) in [7, 11) is 2.51. The maximum atomic E-state index is 12.6. The summed E-state index contributed by atoms with van der Waals surface area (Å²) in [5.74, 6) is -1.37. The van der Waals surface area contributed by atoms with E-state index in [1.165, 1.54) is 14.2 Å². The molecule has 1 heterocycles. The van der Waals surface area contributed by atoms with E-state index in [-0.39, 0.29) is 11.3 Å². The van der Waals surface area contributed by atoms with E-state index in [9.17, 15) is 9.59 Å². The maximum Gasteiger partial charge on any atom is 0.357 e. The zero-order valence-electron chi connectivity index (χ0n) is 15.6. The van der Waals surface area contributed by atoms with Crippen molar-refractivity contribution in [1.82, 2.24) is 4.98 Å². The Kier molecular flexibility index (Phi) is 5.07. The van der Waals surface area contributed by atoms with Gasteiger partial charge in [-0.05, 0) is 37.1 Å². The molecular weight excluding hydrogens is 344 g/mol. The van der Waals surface area contributed by atoms with E-state index < -0.39 is 11.9 Å². The highest BCUT2D eigenvalue weighted by molar-refractivity contribution is 6.12. The van der Waals surface area contributed by atoms with Crippen molar-refractivity contribution < 1.29 is 19.1 Å². The molecule has 27 heavy (non-hydrogen) atoms. The topological polar surface area (TPSA) is 77.5 Å². The summed E-state index contributed by atoms with van der Waals surface area (Å²) in [4.78, 5) is 29.2. The fraction of sp³-hybridized carbons (Fsp3) is 0.190. The van der Waals surface area contributed by atoms with Gasteiger partial charge in [0.1, 0.15) is 5.56 Å². The lowest BCUT2D eigenvalue weighted by Gasteiger charge is -2.18. The molecule has 3 aromatic rings. The van der Waals surface area contributed by atoms with Crippen LogP contribution < -0.4 is 5.32 Å². The van der Waals surface area contributed by atoms with Gasteiger partial charge in [-0.1, -0.05) is 30.3 Å². The van der Waals surface area contributed by atoms with Crippen LogP contribution in [0.1, 0.15) is 32.0 Å². The molecule has 0 unspecified atom stereocenters. The van der Waals surface area contributed by atoms with Gasteiger partial charge >= 0.3 is 11.9 Å². The van der Waals surface area contributed by atoms with Crippen LogP contribution in [0.25, 0.3) is 10.9 Å². The Morgan fingerprint density at radius 2 is 1.63 bits per heavy atom. The number of anilines is 2. The van der Waals surface area contributed by atoms with E-state index in [1.807, 2.05) is 50.2 Å². The second kappa shape index (κ2) is 7.45. The normalized spacial score (nSPS) is 10.5. The van der Waals surface area contributed by atoms with Crippen molar-refractivity contribution in [3.63, 3.8) is 0 Å². The number of aryl methyl sites for hydroxylation is 1. The molecule has 3 rings (SSSR count). The molecule has 0 fully saturated rings. The van der Waals surface area contributed by atoms with Crippen molar-refractivity contribution in [2.45, 2.75) is 13.8 Å². The number of fused-ring (bicyclic) bond motifs is 1. The minimum absolute atomic E-state index is 0.0453. The highest BCUT2D eigenvalue weighted by atomic mass is 16.5. The number of nitrogens with zero attached hydrogens (tertiary/aromatic N) is 1. The largest absolute Gasteiger partial charge is 0.465 e. The average molecular weight is 364 g/mol. The van der Waals surface area contributed by atoms with Gasteiger partial charge in [0.2, 0.25) is 0 Å². The lowest BCUT2D eigenvalue weighted by molar-refractivity contribution is 0.0551. The number of rotatable bonds is 4. The number of esters is 2. The molecular formula is C21H20N2O4. The Morgan fingerprint density at radius 3 is 2.33 bits per heavy atom. The van der Waals surface area contributed by atoms with Gasteiger partial charge in [-0.15, -0.1) is 0 Å². The summed E-state index contributed by atoms with van der Waals surface area (Å²) < 4.78 is 9.76. The standard InChI is InChI=1S/C21H20N2O4/c1-12-8-7-11-15(13(12)2)22-18-14-9-5-6-10-16(14)23-19(21(25)27-4)17(18)20(24)26-3/h5-11H,1-4H3,(H,22,23). The first-order valence-electron chi connectivity index (χ1n) is 8.40. The highest BCUT2D eigenvalue weighted by Gasteiger charge is 2.27. The summed E-state index contributed by atoms with van der Waals surface area (Å²) in [6.07, 6.45) is 0. The van der Waals surface area contributed by atoms with Crippen LogP contribution in [-0.4, -0.2) is 31.1 Å². The van der Waals surface area contributed by atoms with Crippen molar-refractivity contribution in [2.24, 2.45) is 0 Å². The first-order chi connectivity index (χ1) is 13.0. The minimum Gasteiger partial charge on any atom is -0.465 e. The Hall–Kier alpha value is -3.41. The molecule has 0 saturated carbocycles. The molecule has 2 aromatic carbocycles. The zero-order chi connectivity index (χ0) is 19.6. The van der Waals surface area contributed by atoms with E-state index in [0.717, 1.165) is 16.8 Å². The number of carbonyl (C=O) groups excluding carboxylic acids is 2. The van der Waals surface area contributed by atoms with Crippen molar-refractivity contribution in [3.8, 4) is 0 Å². The van der Waals surface area contributed by atoms with Crippen LogP contribution in [0.4, 0.5) is 11.4 Å². The zero-order valence-corrected chi connectivity index (χ0v) is 15.6. The highest BCUT2D eigenvalue weighted by Crippen LogP contribution is 2.33. The Balaban J connectivity index is 2.35. The van der Waals surface area contributed by atoms with Crippen LogP contribution in [0.15, 0.2) is 42.5 Å². The third kappa shape index (κ3) is 3.33. The van der Waals surface area contributed by atoms with Gasteiger partial charge < -0.3 is 14.8 Å². The van der Waals surface area contributed by atoms with Gasteiger partial charge in [-0.25, -0.2) is 14.6 Å². The quantitative estimate of drug-likeness (QED) is 0.700. The van der Waals surface area contributed by atoms with E-state index >= 15 is 0 Å². The first kappa shape index (κ1) is 18.4. The number of nitrogens with one attached hydrogen (secondary N) is 1. The maximum absolute atomic E-state index is 12.6. The summed E-state index contributed by atoms with van der Waals surface area (Å²) in [5.41, 5.74) is 3.95. The molecule has 1 aromatic heterocycles. The number of pyridine rings is 1. The summed E-state index contributed by atoms with van der Waals surface area (Å²) in [6, 6.07) is 13.1. The number of carbonyl (C=O) groups is 2. The Bertz CT molecular complexity index is 1040. The van der Waals surface area contributed by atoms with Crippen molar-refractivity contribution in [1.29, 1.82) is 0 Å². The predicted molar refractivity (Wildman–Crippen MR) is 104 cm³/mol. The van der Waals surface area contributed by atoms with Crippen molar-refractivity contribution in [3.05, 3.63) is 64.8 Å². The molecule has 0 radical (unpaired) electrons. The van der Waals surface area contributed by atoms with E-state index in [2.05, 4.69) is 10.3 Å². The molecule has 0 aliphatic rings. The fourth-order valence-electron chi connectivity index (χ4n) is 2.91. The van der Waals surface area contributed by atoms with E-state index in [0.29, 0.717) is 16.6 Å². The SMILES string of the molecule is COC(=O)c1nc2ccccc2c(Nc2cccc(C)c2C)c1C(=O)OC. The molecule has 0 saturated heterocycles. The first-order valence-corrected chi connectivity index (χ1v) is 8.40. The Morgan fingerprint density at radius 1 is 0.926 bits per heavy atom. The minimum atomic E-state index is -0.704. The van der Waals surface area contributed by atoms with Crippen LogP contribution in [0, 0.1) is 13.8 Å². The second-order valence-electron chi connectivity index (χ2n) is 6.08. The van der Waals surface area contributed by atoms with Crippen LogP contribution >= 0.6 is 0 Å². The molecule has 138 valence electrons. The molecule has 0 aliphatic carbocycles. The monoisotopic (exact) mass is 364 g/mol. The molecule has 1 N–H and O–H groups in total. The molecule has 0 aliphatic heterocycles. The molecule has 6 nitrogen and oxygen atoms in total. The van der Waals surface area contributed by atoms with Crippen LogP contribution in [0.2, 0.25) is 0 Å². The van der Waals surface area contributed by atoms with Gasteiger partial charge in [0.15, 0.2) is 5.69 Å². The van der Waals surface area contributed by atoms with Crippen LogP contribution in [0.3, 0.4) is 0 Å². The lowest BCUT2D eigenvalue weighted by atomic mass is 10.0. The average Bonchev–Trinajstić information content (AvgIpc) is 2.69. The van der Waals surface area contributed by atoms with E-state index in [4.69, 9.17) is 9.47 Å². The van der Waals surface area contributed by atoms with Crippen molar-refractivity contribution >= 4 is 34.2 Å².